The molecule has 0 aliphatic carbocycles. The van der Waals surface area contributed by atoms with Crippen molar-refractivity contribution in [1.82, 2.24) is 26.1 Å². The molecule has 1 fully saturated rings. The van der Waals surface area contributed by atoms with E-state index in [9.17, 15) is 14.4 Å². The summed E-state index contributed by atoms with van der Waals surface area (Å²) in [6, 6.07) is 14.3. The van der Waals surface area contributed by atoms with E-state index < -0.39 is 5.60 Å². The molecule has 0 saturated carbocycles. The second-order valence-electron chi connectivity index (χ2n) is 13.2. The topological polar surface area (TPSA) is 162 Å². The maximum absolute atomic E-state index is 13.9. The predicted octanol–water partition coefficient (Wildman–Crippen LogP) is 4.30. The van der Waals surface area contributed by atoms with Crippen LogP contribution in [0.15, 0.2) is 60.8 Å². The minimum absolute atomic E-state index is 0.150. The van der Waals surface area contributed by atoms with Crippen molar-refractivity contribution >= 4 is 28.5 Å². The Bertz CT molecular complexity index is 1820. The lowest BCUT2D eigenvalue weighted by Crippen LogP contribution is -2.51. The van der Waals surface area contributed by atoms with Crippen molar-refractivity contribution in [3.05, 3.63) is 83.0 Å². The molecule has 272 valence electrons. The summed E-state index contributed by atoms with van der Waals surface area (Å²) in [5.74, 6) is -0.0171. The summed E-state index contributed by atoms with van der Waals surface area (Å²) in [7, 11) is 2.96. The summed E-state index contributed by atoms with van der Waals surface area (Å²) in [4.78, 5) is 40.2. The molecule has 13 heteroatoms. The zero-order chi connectivity index (χ0) is 36.5. The minimum atomic E-state index is -0.415. The Balaban J connectivity index is 1.22. The van der Waals surface area contributed by atoms with Gasteiger partial charge in [0.1, 0.15) is 17.9 Å². The third kappa shape index (κ3) is 9.43. The van der Waals surface area contributed by atoms with Crippen molar-refractivity contribution in [2.45, 2.75) is 57.9 Å². The number of benzene rings is 3. The first-order chi connectivity index (χ1) is 24.5. The van der Waals surface area contributed by atoms with E-state index in [1.54, 1.807) is 54.7 Å². The Morgan fingerprint density at radius 2 is 1.49 bits per heavy atom. The number of H-pyrrole nitrogens is 1. The van der Waals surface area contributed by atoms with Gasteiger partial charge in [-0.2, -0.15) is 5.10 Å². The summed E-state index contributed by atoms with van der Waals surface area (Å²) in [5, 5.41) is 17.0. The highest BCUT2D eigenvalue weighted by molar-refractivity contribution is 6.13. The number of fused-ring (bicyclic) bond motifs is 1. The summed E-state index contributed by atoms with van der Waals surface area (Å²) in [6.07, 6.45) is 2.56. The van der Waals surface area contributed by atoms with E-state index in [-0.39, 0.29) is 53.7 Å². The number of hydrogen-bond acceptors (Lipinski definition) is 10. The van der Waals surface area contributed by atoms with Crippen molar-refractivity contribution in [1.29, 1.82) is 0 Å². The van der Waals surface area contributed by atoms with Crippen LogP contribution in [0.2, 0.25) is 0 Å². The highest BCUT2D eigenvalue weighted by atomic mass is 16.5. The molecule has 1 aliphatic rings. The number of ether oxygens (including phenoxy) is 5. The van der Waals surface area contributed by atoms with E-state index in [2.05, 4.69) is 26.1 Å². The van der Waals surface area contributed by atoms with Crippen LogP contribution in [0.1, 0.15) is 70.8 Å². The number of aromatic nitrogens is 2. The van der Waals surface area contributed by atoms with Crippen LogP contribution in [0.5, 0.6) is 17.2 Å². The fourth-order valence-electron chi connectivity index (χ4n) is 5.81. The SMILES string of the molecule is COc1ccc(OCCOC(C)(C)CCOC(C)C)c(C(=O)c2ccc(C(=O)N[C@@H]3CNC[C@@H]3NC(=O)c3ccc4cn[nH]c4c3)cc2)c1OC. The molecule has 5 rings (SSSR count). The van der Waals surface area contributed by atoms with Crippen molar-refractivity contribution in [2.24, 2.45) is 0 Å². The molecule has 0 bridgehead atoms. The Hall–Kier alpha value is -4.98. The van der Waals surface area contributed by atoms with Gasteiger partial charge in [-0.15, -0.1) is 0 Å². The van der Waals surface area contributed by atoms with Crippen molar-refractivity contribution in [3.8, 4) is 17.2 Å². The van der Waals surface area contributed by atoms with Gasteiger partial charge in [0.05, 0.1) is 56.3 Å². The van der Waals surface area contributed by atoms with Crippen LogP contribution in [-0.4, -0.2) is 98.7 Å². The van der Waals surface area contributed by atoms with Crippen LogP contribution in [0.25, 0.3) is 10.9 Å². The van der Waals surface area contributed by atoms with Gasteiger partial charge in [-0.1, -0.05) is 18.2 Å². The first-order valence-corrected chi connectivity index (χ1v) is 17.0. The largest absolute Gasteiger partial charge is 0.493 e. The molecule has 2 heterocycles. The third-order valence-electron chi connectivity index (χ3n) is 8.68. The lowest BCUT2D eigenvalue weighted by molar-refractivity contribution is -0.0552. The number of ketones is 1. The van der Waals surface area contributed by atoms with Gasteiger partial charge in [0, 0.05) is 41.8 Å². The Morgan fingerprint density at radius 1 is 0.843 bits per heavy atom. The van der Waals surface area contributed by atoms with Gasteiger partial charge in [0.25, 0.3) is 11.8 Å². The summed E-state index contributed by atoms with van der Waals surface area (Å²) in [6.45, 7) is 10.0. The number of carbonyl (C=O) groups is 3. The Morgan fingerprint density at radius 3 is 2.16 bits per heavy atom. The van der Waals surface area contributed by atoms with Crippen LogP contribution in [-0.2, 0) is 9.47 Å². The molecular weight excluding hydrogens is 654 g/mol. The van der Waals surface area contributed by atoms with Gasteiger partial charge in [-0.25, -0.2) is 0 Å². The minimum Gasteiger partial charge on any atom is -0.493 e. The first-order valence-electron chi connectivity index (χ1n) is 17.0. The van der Waals surface area contributed by atoms with Crippen LogP contribution in [0.3, 0.4) is 0 Å². The quantitative estimate of drug-likeness (QED) is 0.0923. The van der Waals surface area contributed by atoms with Crippen molar-refractivity contribution in [3.63, 3.8) is 0 Å². The van der Waals surface area contributed by atoms with E-state index in [1.165, 1.54) is 14.2 Å². The van der Waals surface area contributed by atoms with Crippen molar-refractivity contribution < 1.29 is 38.1 Å². The van der Waals surface area contributed by atoms with E-state index in [4.69, 9.17) is 23.7 Å². The number of carbonyl (C=O) groups excluding carboxylic acids is 3. The normalized spacial score (nSPS) is 15.9. The van der Waals surface area contributed by atoms with E-state index in [0.29, 0.717) is 54.5 Å². The van der Waals surface area contributed by atoms with Gasteiger partial charge in [0.15, 0.2) is 11.5 Å². The Kier molecular flexibility index (Phi) is 12.3. The van der Waals surface area contributed by atoms with Crippen LogP contribution < -0.4 is 30.2 Å². The summed E-state index contributed by atoms with van der Waals surface area (Å²) < 4.78 is 28.9. The third-order valence-corrected chi connectivity index (χ3v) is 8.68. The summed E-state index contributed by atoms with van der Waals surface area (Å²) in [5.41, 5.74) is 1.72. The molecule has 3 aromatic carbocycles. The molecule has 1 aromatic heterocycles. The molecule has 1 aliphatic heterocycles. The zero-order valence-corrected chi connectivity index (χ0v) is 30.0. The number of methoxy groups -OCH3 is 2. The lowest BCUT2D eigenvalue weighted by Gasteiger charge is -2.26. The molecule has 51 heavy (non-hydrogen) atoms. The average molecular weight is 702 g/mol. The summed E-state index contributed by atoms with van der Waals surface area (Å²) >= 11 is 0. The van der Waals surface area contributed by atoms with E-state index in [1.807, 2.05) is 33.8 Å². The predicted molar refractivity (Wildman–Crippen MR) is 192 cm³/mol. The highest BCUT2D eigenvalue weighted by Gasteiger charge is 2.31. The molecule has 2 atom stereocenters. The number of amides is 2. The monoisotopic (exact) mass is 701 g/mol. The fourth-order valence-corrected chi connectivity index (χ4v) is 5.81. The first kappa shape index (κ1) is 37.3. The molecule has 0 radical (unpaired) electrons. The second-order valence-corrected chi connectivity index (χ2v) is 13.2. The molecule has 0 unspecified atom stereocenters. The lowest BCUT2D eigenvalue weighted by atomic mass is 9.99. The maximum atomic E-state index is 13.9. The number of hydrogen-bond donors (Lipinski definition) is 4. The van der Waals surface area contributed by atoms with Gasteiger partial charge < -0.3 is 39.6 Å². The van der Waals surface area contributed by atoms with Crippen LogP contribution in [0, 0.1) is 0 Å². The molecule has 4 aromatic rings. The molecule has 13 nitrogen and oxygen atoms in total. The van der Waals surface area contributed by atoms with Gasteiger partial charge >= 0.3 is 0 Å². The maximum Gasteiger partial charge on any atom is 0.251 e. The number of aromatic amines is 1. The average Bonchev–Trinajstić information content (AvgIpc) is 3.78. The molecule has 4 N–H and O–H groups in total. The van der Waals surface area contributed by atoms with Gasteiger partial charge in [-0.3, -0.25) is 19.5 Å². The molecule has 2 amide bonds. The number of nitrogens with one attached hydrogen (secondary N) is 4. The van der Waals surface area contributed by atoms with Gasteiger partial charge in [0.2, 0.25) is 5.78 Å². The number of rotatable bonds is 17. The van der Waals surface area contributed by atoms with E-state index >= 15 is 0 Å². The standard InChI is InChI=1S/C38H47N5O8/c1-23(2)49-16-15-38(3,4)51-18-17-50-31-13-14-32(47-5)35(48-6)33(31)34(44)24-7-9-25(10-8-24)36(45)41-29-21-39-22-30(29)42-37(46)26-11-12-27-20-40-43-28(27)19-26/h7-14,19-20,23,29-30,39H,15-18,21-22H2,1-6H3,(H,40,43)(H,41,45)(H,42,46)/t29-,30+/m1/s1. The zero-order valence-electron chi connectivity index (χ0n) is 30.0. The molecule has 0 spiro atoms. The number of nitrogens with zero attached hydrogens (tertiary/aromatic N) is 1. The van der Waals surface area contributed by atoms with Crippen molar-refractivity contribution in [2.75, 3.05) is 47.1 Å². The van der Waals surface area contributed by atoms with Gasteiger partial charge in [-0.05, 0) is 70.5 Å². The molecular formula is C38H47N5O8. The van der Waals surface area contributed by atoms with Crippen LogP contribution >= 0.6 is 0 Å². The van der Waals surface area contributed by atoms with E-state index in [0.717, 1.165) is 17.3 Å². The smallest absolute Gasteiger partial charge is 0.251 e. The fraction of sp³-hybridized carbons (Fsp3) is 0.421. The van der Waals surface area contributed by atoms with Crippen LogP contribution in [0.4, 0.5) is 0 Å². The Labute approximate surface area is 297 Å². The molecule has 1 saturated heterocycles. The highest BCUT2D eigenvalue weighted by Crippen LogP contribution is 2.39. The second kappa shape index (κ2) is 16.8.